The van der Waals surface area contributed by atoms with E-state index in [1.54, 1.807) is 0 Å². The van der Waals surface area contributed by atoms with Crippen LogP contribution in [-0.4, -0.2) is 30.1 Å². The van der Waals surface area contributed by atoms with E-state index in [2.05, 4.69) is 31.3 Å². The number of nitrogens with zero attached hydrogens (tertiary/aromatic N) is 1. The Morgan fingerprint density at radius 2 is 2.00 bits per heavy atom. The van der Waals surface area contributed by atoms with Gasteiger partial charge in [0.15, 0.2) is 0 Å². The van der Waals surface area contributed by atoms with Crippen molar-refractivity contribution in [3.63, 3.8) is 0 Å². The van der Waals surface area contributed by atoms with Gasteiger partial charge in [-0.1, -0.05) is 30.3 Å². The number of hydrogen-bond donors (Lipinski definition) is 1. The lowest BCUT2D eigenvalue weighted by Gasteiger charge is -2.27. The SMILES string of the molecule is CC(C)N(CC1CC1)C(=O)NCCc1ccccc1. The second kappa shape index (κ2) is 6.60. The van der Waals surface area contributed by atoms with Gasteiger partial charge in [-0.3, -0.25) is 0 Å². The highest BCUT2D eigenvalue weighted by atomic mass is 16.2. The van der Waals surface area contributed by atoms with Crippen molar-refractivity contribution in [2.75, 3.05) is 13.1 Å². The fourth-order valence-corrected chi connectivity index (χ4v) is 2.17. The standard InChI is InChI=1S/C16H24N2O/c1-13(2)18(12-15-8-9-15)16(19)17-11-10-14-6-4-3-5-7-14/h3-7,13,15H,8-12H2,1-2H3,(H,17,19). The summed E-state index contributed by atoms with van der Waals surface area (Å²) in [6.07, 6.45) is 3.45. The van der Waals surface area contributed by atoms with Gasteiger partial charge >= 0.3 is 6.03 Å². The van der Waals surface area contributed by atoms with E-state index in [1.165, 1.54) is 18.4 Å². The van der Waals surface area contributed by atoms with Gasteiger partial charge in [-0.15, -0.1) is 0 Å². The summed E-state index contributed by atoms with van der Waals surface area (Å²) < 4.78 is 0. The predicted octanol–water partition coefficient (Wildman–Crippen LogP) is 3.06. The Balaban J connectivity index is 1.75. The molecule has 0 atom stereocenters. The zero-order valence-electron chi connectivity index (χ0n) is 11.9. The quantitative estimate of drug-likeness (QED) is 0.837. The smallest absolute Gasteiger partial charge is 0.317 e. The van der Waals surface area contributed by atoms with Crippen LogP contribution in [0.3, 0.4) is 0 Å². The number of nitrogens with one attached hydrogen (secondary N) is 1. The van der Waals surface area contributed by atoms with Crippen LogP contribution in [0.5, 0.6) is 0 Å². The molecular weight excluding hydrogens is 236 g/mol. The molecule has 1 fully saturated rings. The molecule has 2 amide bonds. The van der Waals surface area contributed by atoms with Gasteiger partial charge in [0.25, 0.3) is 0 Å². The topological polar surface area (TPSA) is 32.3 Å². The van der Waals surface area contributed by atoms with Crippen molar-refractivity contribution in [3.05, 3.63) is 35.9 Å². The fourth-order valence-electron chi connectivity index (χ4n) is 2.17. The molecule has 0 aliphatic heterocycles. The number of amides is 2. The molecule has 19 heavy (non-hydrogen) atoms. The third kappa shape index (κ3) is 4.58. The minimum atomic E-state index is 0.0813. The Morgan fingerprint density at radius 1 is 1.32 bits per heavy atom. The van der Waals surface area contributed by atoms with Gasteiger partial charge in [0.1, 0.15) is 0 Å². The van der Waals surface area contributed by atoms with Crippen molar-refractivity contribution in [1.82, 2.24) is 10.2 Å². The van der Waals surface area contributed by atoms with Crippen LogP contribution in [0.25, 0.3) is 0 Å². The molecule has 1 aliphatic rings. The second-order valence-electron chi connectivity index (χ2n) is 5.66. The summed E-state index contributed by atoms with van der Waals surface area (Å²) in [5, 5.41) is 3.03. The fraction of sp³-hybridized carbons (Fsp3) is 0.562. The summed E-state index contributed by atoms with van der Waals surface area (Å²) in [5.74, 6) is 0.738. The molecule has 0 spiro atoms. The maximum Gasteiger partial charge on any atom is 0.317 e. The Morgan fingerprint density at radius 3 is 2.58 bits per heavy atom. The molecule has 1 saturated carbocycles. The van der Waals surface area contributed by atoms with E-state index in [0.29, 0.717) is 6.54 Å². The van der Waals surface area contributed by atoms with Crippen LogP contribution >= 0.6 is 0 Å². The molecule has 0 heterocycles. The molecule has 0 saturated heterocycles. The van der Waals surface area contributed by atoms with Crippen molar-refractivity contribution in [1.29, 1.82) is 0 Å². The Kier molecular flexibility index (Phi) is 4.83. The summed E-state index contributed by atoms with van der Waals surface area (Å²) in [7, 11) is 0. The third-order valence-corrected chi connectivity index (χ3v) is 3.57. The lowest BCUT2D eigenvalue weighted by Crippen LogP contribution is -2.45. The molecule has 3 nitrogen and oxygen atoms in total. The second-order valence-corrected chi connectivity index (χ2v) is 5.66. The van der Waals surface area contributed by atoms with Gasteiger partial charge in [0, 0.05) is 19.1 Å². The minimum absolute atomic E-state index is 0.0813. The first-order valence-electron chi connectivity index (χ1n) is 7.25. The minimum Gasteiger partial charge on any atom is -0.338 e. The zero-order chi connectivity index (χ0) is 13.7. The van der Waals surface area contributed by atoms with Crippen LogP contribution in [0.2, 0.25) is 0 Å². The predicted molar refractivity (Wildman–Crippen MR) is 78.1 cm³/mol. The highest BCUT2D eigenvalue weighted by Gasteiger charge is 2.27. The molecule has 0 unspecified atom stereocenters. The lowest BCUT2D eigenvalue weighted by atomic mass is 10.1. The Bertz CT molecular complexity index is 398. The van der Waals surface area contributed by atoms with Crippen LogP contribution < -0.4 is 5.32 Å². The highest BCUT2D eigenvalue weighted by molar-refractivity contribution is 5.74. The van der Waals surface area contributed by atoms with E-state index in [-0.39, 0.29) is 12.1 Å². The van der Waals surface area contributed by atoms with Gasteiger partial charge in [0.2, 0.25) is 0 Å². The normalized spacial score (nSPS) is 14.5. The molecule has 0 radical (unpaired) electrons. The number of rotatable bonds is 6. The molecule has 1 aromatic carbocycles. The lowest BCUT2D eigenvalue weighted by molar-refractivity contribution is 0.180. The number of hydrogen-bond acceptors (Lipinski definition) is 1. The number of carbonyl (C=O) groups is 1. The van der Waals surface area contributed by atoms with Gasteiger partial charge in [-0.25, -0.2) is 4.79 Å². The van der Waals surface area contributed by atoms with E-state index in [4.69, 9.17) is 0 Å². The largest absolute Gasteiger partial charge is 0.338 e. The summed E-state index contributed by atoms with van der Waals surface area (Å²) in [6, 6.07) is 10.6. The van der Waals surface area contributed by atoms with E-state index < -0.39 is 0 Å². The number of benzene rings is 1. The Labute approximate surface area is 116 Å². The van der Waals surface area contributed by atoms with Crippen LogP contribution in [0, 0.1) is 5.92 Å². The van der Waals surface area contributed by atoms with Crippen LogP contribution in [0.15, 0.2) is 30.3 Å². The van der Waals surface area contributed by atoms with Crippen LogP contribution in [0.1, 0.15) is 32.3 Å². The third-order valence-electron chi connectivity index (χ3n) is 3.57. The van der Waals surface area contributed by atoms with Crippen molar-refractivity contribution in [2.24, 2.45) is 5.92 Å². The molecular formula is C16H24N2O. The number of urea groups is 1. The van der Waals surface area contributed by atoms with Crippen LogP contribution in [-0.2, 0) is 6.42 Å². The summed E-state index contributed by atoms with van der Waals surface area (Å²) >= 11 is 0. The maximum absolute atomic E-state index is 12.2. The molecule has 1 aromatic rings. The van der Waals surface area contributed by atoms with E-state index in [9.17, 15) is 4.79 Å². The first kappa shape index (κ1) is 13.9. The van der Waals surface area contributed by atoms with Crippen molar-refractivity contribution in [3.8, 4) is 0 Å². The zero-order valence-corrected chi connectivity index (χ0v) is 11.9. The molecule has 1 N–H and O–H groups in total. The summed E-state index contributed by atoms with van der Waals surface area (Å²) in [6.45, 7) is 5.78. The monoisotopic (exact) mass is 260 g/mol. The molecule has 2 rings (SSSR count). The summed E-state index contributed by atoms with van der Waals surface area (Å²) in [4.78, 5) is 14.1. The van der Waals surface area contributed by atoms with E-state index >= 15 is 0 Å². The average Bonchev–Trinajstić information content (AvgIpc) is 3.20. The average molecular weight is 260 g/mol. The molecule has 0 aromatic heterocycles. The van der Waals surface area contributed by atoms with Gasteiger partial charge in [-0.2, -0.15) is 0 Å². The van der Waals surface area contributed by atoms with Crippen LogP contribution in [0.4, 0.5) is 4.79 Å². The van der Waals surface area contributed by atoms with Crippen molar-refractivity contribution < 1.29 is 4.79 Å². The van der Waals surface area contributed by atoms with Crippen molar-refractivity contribution >= 4 is 6.03 Å². The van der Waals surface area contributed by atoms with E-state index in [1.807, 2.05) is 23.1 Å². The maximum atomic E-state index is 12.2. The number of carbonyl (C=O) groups excluding carboxylic acids is 1. The first-order chi connectivity index (χ1) is 9.16. The van der Waals surface area contributed by atoms with Gasteiger partial charge < -0.3 is 10.2 Å². The molecule has 104 valence electrons. The van der Waals surface area contributed by atoms with Crippen molar-refractivity contribution in [2.45, 2.75) is 39.2 Å². The molecule has 1 aliphatic carbocycles. The first-order valence-corrected chi connectivity index (χ1v) is 7.25. The van der Waals surface area contributed by atoms with Gasteiger partial charge in [-0.05, 0) is 44.6 Å². The molecule has 3 heteroatoms. The Hall–Kier alpha value is -1.51. The van der Waals surface area contributed by atoms with E-state index in [0.717, 1.165) is 18.9 Å². The highest BCUT2D eigenvalue weighted by Crippen LogP contribution is 2.30. The summed E-state index contributed by atoms with van der Waals surface area (Å²) in [5.41, 5.74) is 1.26. The van der Waals surface area contributed by atoms with Gasteiger partial charge in [0.05, 0.1) is 0 Å². The molecule has 0 bridgehead atoms.